The summed E-state index contributed by atoms with van der Waals surface area (Å²) in [6, 6.07) is 8.62. The second kappa shape index (κ2) is 4.61. The third kappa shape index (κ3) is 2.18. The Kier molecular flexibility index (Phi) is 3.17. The van der Waals surface area contributed by atoms with Crippen LogP contribution < -0.4 is 11.1 Å². The van der Waals surface area contributed by atoms with E-state index in [0.717, 1.165) is 5.39 Å². The zero-order valence-electron chi connectivity index (χ0n) is 8.90. The molecule has 5 heteroatoms. The number of amides is 1. The monoisotopic (exact) mass is 250 g/mol. The molecule has 0 fully saturated rings. The summed E-state index contributed by atoms with van der Waals surface area (Å²) in [6.45, 7) is -0.104. The molecule has 2 aromatic carbocycles. The summed E-state index contributed by atoms with van der Waals surface area (Å²) in [7, 11) is 0. The van der Waals surface area contributed by atoms with Gasteiger partial charge in [0.25, 0.3) is 0 Å². The van der Waals surface area contributed by atoms with Crippen LogP contribution in [0.15, 0.2) is 30.3 Å². The van der Waals surface area contributed by atoms with E-state index >= 15 is 0 Å². The van der Waals surface area contributed by atoms with Gasteiger partial charge >= 0.3 is 0 Å². The molecular formula is C12H11ClN2O2. The molecule has 4 N–H and O–H groups in total. The number of rotatable bonds is 2. The Hall–Kier alpha value is -1.78. The van der Waals surface area contributed by atoms with Crippen LogP contribution in [0.25, 0.3) is 10.8 Å². The zero-order valence-corrected chi connectivity index (χ0v) is 9.66. The van der Waals surface area contributed by atoms with Gasteiger partial charge in [-0.25, -0.2) is 0 Å². The standard InChI is InChI=1S/C12H11ClN2O2/c13-9-5-10(15-11(16)6-14)7-3-1-2-4-8(7)12(9)17/h1-5,17H,6,14H2,(H,15,16). The highest BCUT2D eigenvalue weighted by molar-refractivity contribution is 6.34. The predicted molar refractivity (Wildman–Crippen MR) is 68.3 cm³/mol. The Morgan fingerprint density at radius 1 is 1.35 bits per heavy atom. The van der Waals surface area contributed by atoms with Crippen LogP contribution in [0, 0.1) is 0 Å². The highest BCUT2D eigenvalue weighted by Crippen LogP contribution is 2.37. The molecule has 0 aliphatic heterocycles. The Bertz CT molecular complexity index is 584. The molecule has 0 aromatic heterocycles. The van der Waals surface area contributed by atoms with Gasteiger partial charge in [0.2, 0.25) is 5.91 Å². The topological polar surface area (TPSA) is 75.4 Å². The third-order valence-electron chi connectivity index (χ3n) is 2.43. The number of nitrogens with one attached hydrogen (secondary N) is 1. The number of anilines is 1. The zero-order chi connectivity index (χ0) is 12.4. The molecule has 0 bridgehead atoms. The van der Waals surface area contributed by atoms with Crippen LogP contribution in [0.3, 0.4) is 0 Å². The van der Waals surface area contributed by atoms with Gasteiger partial charge in [0, 0.05) is 10.8 Å². The van der Waals surface area contributed by atoms with E-state index in [-0.39, 0.29) is 23.2 Å². The number of benzene rings is 2. The van der Waals surface area contributed by atoms with Crippen molar-refractivity contribution in [1.82, 2.24) is 0 Å². The van der Waals surface area contributed by atoms with Crippen LogP contribution in [-0.4, -0.2) is 17.6 Å². The molecule has 2 rings (SSSR count). The first-order valence-corrected chi connectivity index (χ1v) is 5.41. The number of hydrogen-bond acceptors (Lipinski definition) is 3. The van der Waals surface area contributed by atoms with E-state index in [1.807, 2.05) is 6.07 Å². The number of fused-ring (bicyclic) bond motifs is 1. The minimum absolute atomic E-state index is 0.00742. The van der Waals surface area contributed by atoms with E-state index in [0.29, 0.717) is 11.1 Å². The second-order valence-electron chi connectivity index (χ2n) is 3.55. The summed E-state index contributed by atoms with van der Waals surface area (Å²) < 4.78 is 0. The minimum Gasteiger partial charge on any atom is -0.506 e. The van der Waals surface area contributed by atoms with Gasteiger partial charge in [0.05, 0.1) is 17.3 Å². The fourth-order valence-corrected chi connectivity index (χ4v) is 1.84. The van der Waals surface area contributed by atoms with Crippen molar-refractivity contribution in [2.75, 3.05) is 11.9 Å². The van der Waals surface area contributed by atoms with Crippen molar-refractivity contribution in [2.24, 2.45) is 5.73 Å². The van der Waals surface area contributed by atoms with Crippen molar-refractivity contribution in [1.29, 1.82) is 0 Å². The van der Waals surface area contributed by atoms with Crippen molar-refractivity contribution in [3.63, 3.8) is 0 Å². The number of phenols is 1. The maximum Gasteiger partial charge on any atom is 0.238 e. The van der Waals surface area contributed by atoms with E-state index in [1.165, 1.54) is 6.07 Å². The Labute approximate surface area is 103 Å². The summed E-state index contributed by atoms with van der Waals surface area (Å²) in [5.74, 6) is -0.301. The Morgan fingerprint density at radius 2 is 2.00 bits per heavy atom. The molecular weight excluding hydrogens is 240 g/mol. The molecule has 0 atom stereocenters. The molecule has 0 saturated carbocycles. The molecule has 0 unspecified atom stereocenters. The highest BCUT2D eigenvalue weighted by atomic mass is 35.5. The summed E-state index contributed by atoms with van der Waals surface area (Å²) >= 11 is 5.89. The van der Waals surface area contributed by atoms with Gasteiger partial charge in [0.15, 0.2) is 0 Å². The largest absolute Gasteiger partial charge is 0.506 e. The van der Waals surface area contributed by atoms with E-state index in [1.54, 1.807) is 18.2 Å². The molecule has 0 saturated heterocycles. The van der Waals surface area contributed by atoms with Crippen LogP contribution >= 0.6 is 11.6 Å². The average molecular weight is 251 g/mol. The van der Waals surface area contributed by atoms with Gasteiger partial charge in [-0.2, -0.15) is 0 Å². The SMILES string of the molecule is NCC(=O)Nc1cc(Cl)c(O)c2ccccc12. The minimum atomic E-state index is -0.308. The van der Waals surface area contributed by atoms with Crippen molar-refractivity contribution >= 4 is 34.0 Å². The van der Waals surface area contributed by atoms with Gasteiger partial charge in [-0.15, -0.1) is 0 Å². The fourth-order valence-electron chi connectivity index (χ4n) is 1.63. The number of carbonyl (C=O) groups is 1. The molecule has 88 valence electrons. The summed E-state index contributed by atoms with van der Waals surface area (Å²) in [5.41, 5.74) is 5.78. The maximum absolute atomic E-state index is 11.3. The van der Waals surface area contributed by atoms with Crippen molar-refractivity contribution in [3.8, 4) is 5.75 Å². The lowest BCUT2D eigenvalue weighted by Gasteiger charge is -2.10. The lowest BCUT2D eigenvalue weighted by molar-refractivity contribution is -0.114. The molecule has 2 aromatic rings. The number of halogens is 1. The third-order valence-corrected chi connectivity index (χ3v) is 2.72. The Balaban J connectivity index is 2.63. The molecule has 0 radical (unpaired) electrons. The quantitative estimate of drug-likeness (QED) is 0.715. The number of aromatic hydroxyl groups is 1. The molecule has 1 amide bonds. The van der Waals surface area contributed by atoms with E-state index in [2.05, 4.69) is 5.32 Å². The van der Waals surface area contributed by atoms with Crippen LogP contribution in [-0.2, 0) is 4.79 Å². The number of phenolic OH excluding ortho intramolecular Hbond substituents is 1. The first kappa shape index (κ1) is 11.7. The molecule has 17 heavy (non-hydrogen) atoms. The average Bonchev–Trinajstić information content (AvgIpc) is 2.35. The normalized spacial score (nSPS) is 10.5. The summed E-state index contributed by atoms with van der Waals surface area (Å²) in [5, 5.41) is 13.9. The first-order chi connectivity index (χ1) is 8.13. The number of nitrogens with two attached hydrogens (primary N) is 1. The Morgan fingerprint density at radius 3 is 2.65 bits per heavy atom. The molecule has 4 nitrogen and oxygen atoms in total. The van der Waals surface area contributed by atoms with Crippen molar-refractivity contribution in [3.05, 3.63) is 35.4 Å². The van der Waals surface area contributed by atoms with Crippen LogP contribution in [0.5, 0.6) is 5.75 Å². The lowest BCUT2D eigenvalue weighted by Crippen LogP contribution is -2.21. The van der Waals surface area contributed by atoms with E-state index < -0.39 is 0 Å². The van der Waals surface area contributed by atoms with Gasteiger partial charge in [-0.05, 0) is 6.07 Å². The van der Waals surface area contributed by atoms with E-state index in [4.69, 9.17) is 17.3 Å². The summed E-state index contributed by atoms with van der Waals surface area (Å²) in [4.78, 5) is 11.3. The van der Waals surface area contributed by atoms with Gasteiger partial charge in [-0.1, -0.05) is 35.9 Å². The number of carbonyl (C=O) groups excluding carboxylic acids is 1. The van der Waals surface area contributed by atoms with Crippen LogP contribution in [0.4, 0.5) is 5.69 Å². The van der Waals surface area contributed by atoms with Crippen molar-refractivity contribution < 1.29 is 9.90 Å². The highest BCUT2D eigenvalue weighted by Gasteiger charge is 2.10. The predicted octanol–water partition coefficient (Wildman–Crippen LogP) is 2.10. The second-order valence-corrected chi connectivity index (χ2v) is 3.96. The fraction of sp³-hybridized carbons (Fsp3) is 0.0833. The molecule has 0 aliphatic rings. The molecule has 0 aliphatic carbocycles. The van der Waals surface area contributed by atoms with Gasteiger partial charge in [0.1, 0.15) is 5.75 Å². The first-order valence-electron chi connectivity index (χ1n) is 5.03. The smallest absolute Gasteiger partial charge is 0.238 e. The van der Waals surface area contributed by atoms with Crippen LogP contribution in [0.2, 0.25) is 5.02 Å². The summed E-state index contributed by atoms with van der Waals surface area (Å²) in [6.07, 6.45) is 0. The maximum atomic E-state index is 11.3. The lowest BCUT2D eigenvalue weighted by atomic mass is 10.1. The molecule has 0 heterocycles. The molecule has 0 spiro atoms. The van der Waals surface area contributed by atoms with Gasteiger partial charge in [-0.3, -0.25) is 4.79 Å². The van der Waals surface area contributed by atoms with Gasteiger partial charge < -0.3 is 16.2 Å². The number of hydrogen-bond donors (Lipinski definition) is 3. The van der Waals surface area contributed by atoms with E-state index in [9.17, 15) is 9.90 Å². The van der Waals surface area contributed by atoms with Crippen LogP contribution in [0.1, 0.15) is 0 Å². The van der Waals surface area contributed by atoms with Crippen molar-refractivity contribution in [2.45, 2.75) is 0 Å².